The molecule has 4 rings (SSSR count). The summed E-state index contributed by atoms with van der Waals surface area (Å²) in [6, 6.07) is 13.0. The summed E-state index contributed by atoms with van der Waals surface area (Å²) < 4.78 is 5.51. The van der Waals surface area contributed by atoms with E-state index in [9.17, 15) is 14.9 Å². The van der Waals surface area contributed by atoms with Crippen LogP contribution in [0.1, 0.15) is 28.8 Å². The molecule has 1 saturated heterocycles. The standard InChI is InChI=1S/C24H24N4O5/c29-24(30)18-5-7-21(8-6-18)26-25-16-20-4-3-19(23(20)27-11-13-33-14-12-27)15-17-1-9-22(10-2-17)28(31)32/h1-2,5-10,15-16,26H,3-4,11-14H2,(H,29,30). The number of nitro groups is 1. The number of ether oxygens (including phenoxy) is 1. The van der Waals surface area contributed by atoms with Crippen molar-refractivity contribution < 1.29 is 19.6 Å². The molecular weight excluding hydrogens is 424 g/mol. The first kappa shape index (κ1) is 22.2. The zero-order chi connectivity index (χ0) is 23.2. The maximum absolute atomic E-state index is 11.0. The predicted octanol–water partition coefficient (Wildman–Crippen LogP) is 4.15. The number of allylic oxidation sites excluding steroid dienone is 2. The Morgan fingerprint density at radius 3 is 2.42 bits per heavy atom. The van der Waals surface area contributed by atoms with Crippen LogP contribution in [0, 0.1) is 10.1 Å². The Morgan fingerprint density at radius 2 is 1.79 bits per heavy atom. The molecule has 2 N–H and O–H groups in total. The van der Waals surface area contributed by atoms with E-state index in [4.69, 9.17) is 9.84 Å². The van der Waals surface area contributed by atoms with Crippen molar-refractivity contribution in [2.45, 2.75) is 12.8 Å². The molecule has 1 fully saturated rings. The van der Waals surface area contributed by atoms with Gasteiger partial charge in [-0.15, -0.1) is 0 Å². The lowest BCUT2D eigenvalue weighted by molar-refractivity contribution is -0.384. The predicted molar refractivity (Wildman–Crippen MR) is 125 cm³/mol. The minimum absolute atomic E-state index is 0.0720. The zero-order valence-corrected chi connectivity index (χ0v) is 17.9. The summed E-state index contributed by atoms with van der Waals surface area (Å²) >= 11 is 0. The first-order valence-corrected chi connectivity index (χ1v) is 10.6. The Labute approximate surface area is 190 Å². The van der Waals surface area contributed by atoms with Gasteiger partial charge in [-0.2, -0.15) is 5.10 Å². The molecule has 1 heterocycles. The van der Waals surface area contributed by atoms with Crippen LogP contribution in [0.3, 0.4) is 0 Å². The van der Waals surface area contributed by atoms with Crippen LogP contribution in [0.25, 0.3) is 6.08 Å². The third-order valence-electron chi connectivity index (χ3n) is 5.59. The molecule has 9 heteroatoms. The number of benzene rings is 2. The molecular formula is C24H24N4O5. The van der Waals surface area contributed by atoms with Gasteiger partial charge >= 0.3 is 5.97 Å². The number of hydrogen-bond acceptors (Lipinski definition) is 7. The zero-order valence-electron chi connectivity index (χ0n) is 17.9. The molecule has 0 saturated carbocycles. The van der Waals surface area contributed by atoms with Crippen molar-refractivity contribution in [3.8, 4) is 0 Å². The fourth-order valence-electron chi connectivity index (χ4n) is 3.94. The number of carboxylic acid groups (broad SMARTS) is 1. The van der Waals surface area contributed by atoms with Crippen LogP contribution in [-0.2, 0) is 4.74 Å². The lowest BCUT2D eigenvalue weighted by atomic mass is 10.1. The topological polar surface area (TPSA) is 117 Å². The lowest BCUT2D eigenvalue weighted by Crippen LogP contribution is -2.36. The van der Waals surface area contributed by atoms with Crippen LogP contribution >= 0.6 is 0 Å². The van der Waals surface area contributed by atoms with Gasteiger partial charge in [0, 0.05) is 30.9 Å². The van der Waals surface area contributed by atoms with Gasteiger partial charge in [-0.25, -0.2) is 4.79 Å². The molecule has 0 spiro atoms. The normalized spacial score (nSPS) is 17.7. The molecule has 9 nitrogen and oxygen atoms in total. The number of hydrazone groups is 1. The minimum atomic E-state index is -0.969. The van der Waals surface area contributed by atoms with Crippen molar-refractivity contribution in [2.24, 2.45) is 5.10 Å². The summed E-state index contributed by atoms with van der Waals surface area (Å²) in [6.07, 6.45) is 5.56. The second-order valence-electron chi connectivity index (χ2n) is 7.74. The Balaban J connectivity index is 1.56. The van der Waals surface area contributed by atoms with Crippen molar-refractivity contribution in [3.05, 3.63) is 86.6 Å². The summed E-state index contributed by atoms with van der Waals surface area (Å²) in [4.78, 5) is 23.8. The Morgan fingerprint density at radius 1 is 1.09 bits per heavy atom. The van der Waals surface area contributed by atoms with Crippen molar-refractivity contribution in [1.82, 2.24) is 4.90 Å². The Kier molecular flexibility index (Phi) is 6.80. The van der Waals surface area contributed by atoms with E-state index < -0.39 is 10.9 Å². The van der Waals surface area contributed by atoms with Crippen molar-refractivity contribution >= 4 is 29.6 Å². The SMILES string of the molecule is O=C(O)c1ccc(NN=CC2=C(N3CCOCC3)C(=Cc3ccc([N+](=O)[O-])cc3)CC2)cc1. The van der Waals surface area contributed by atoms with Gasteiger partial charge in [0.05, 0.1) is 35.6 Å². The van der Waals surface area contributed by atoms with Crippen molar-refractivity contribution in [2.75, 3.05) is 31.7 Å². The highest BCUT2D eigenvalue weighted by atomic mass is 16.6. The molecule has 0 amide bonds. The molecule has 2 aromatic carbocycles. The minimum Gasteiger partial charge on any atom is -0.478 e. The molecule has 0 radical (unpaired) electrons. The summed E-state index contributed by atoms with van der Waals surface area (Å²) in [5, 5.41) is 24.3. The average molecular weight is 448 g/mol. The molecule has 1 aliphatic heterocycles. The first-order chi connectivity index (χ1) is 16.0. The lowest BCUT2D eigenvalue weighted by Gasteiger charge is -2.31. The van der Waals surface area contributed by atoms with E-state index in [1.165, 1.54) is 24.3 Å². The molecule has 33 heavy (non-hydrogen) atoms. The summed E-state index contributed by atoms with van der Waals surface area (Å²) in [6.45, 7) is 2.89. The number of anilines is 1. The number of non-ortho nitro benzene ring substituents is 1. The second-order valence-corrected chi connectivity index (χ2v) is 7.74. The highest BCUT2D eigenvalue weighted by Gasteiger charge is 2.25. The van der Waals surface area contributed by atoms with E-state index in [-0.39, 0.29) is 11.3 Å². The van der Waals surface area contributed by atoms with Gasteiger partial charge in [-0.3, -0.25) is 15.5 Å². The Bertz CT molecular complexity index is 1110. The smallest absolute Gasteiger partial charge is 0.335 e. The molecule has 170 valence electrons. The maximum atomic E-state index is 11.0. The van der Waals surface area contributed by atoms with Gasteiger partial charge in [-0.1, -0.05) is 0 Å². The highest BCUT2D eigenvalue weighted by molar-refractivity contribution is 5.88. The van der Waals surface area contributed by atoms with E-state index in [1.54, 1.807) is 24.3 Å². The van der Waals surface area contributed by atoms with Gasteiger partial charge in [0.25, 0.3) is 5.69 Å². The van der Waals surface area contributed by atoms with Crippen molar-refractivity contribution in [1.29, 1.82) is 0 Å². The average Bonchev–Trinajstić information content (AvgIpc) is 3.22. The summed E-state index contributed by atoms with van der Waals surface area (Å²) in [5.74, 6) is -0.969. The second kappa shape index (κ2) is 10.1. The van der Waals surface area contributed by atoms with Crippen molar-refractivity contribution in [3.63, 3.8) is 0 Å². The number of morpholine rings is 1. The molecule has 1 aliphatic carbocycles. The van der Waals surface area contributed by atoms with Crippen LogP contribution in [0.15, 0.2) is 70.5 Å². The van der Waals surface area contributed by atoms with Crippen LogP contribution in [-0.4, -0.2) is 53.4 Å². The quantitative estimate of drug-likeness (QED) is 0.371. The molecule has 0 bridgehead atoms. The summed E-state index contributed by atoms with van der Waals surface area (Å²) in [7, 11) is 0. The van der Waals surface area contributed by atoms with Crippen LogP contribution < -0.4 is 5.43 Å². The van der Waals surface area contributed by atoms with Gasteiger partial charge in [0.1, 0.15) is 0 Å². The van der Waals surface area contributed by atoms with Crippen LogP contribution in [0.4, 0.5) is 11.4 Å². The molecule has 0 unspecified atom stereocenters. The van der Waals surface area contributed by atoms with E-state index in [0.29, 0.717) is 18.9 Å². The maximum Gasteiger partial charge on any atom is 0.335 e. The largest absolute Gasteiger partial charge is 0.478 e. The fourth-order valence-corrected chi connectivity index (χ4v) is 3.94. The third kappa shape index (κ3) is 5.45. The summed E-state index contributed by atoms with van der Waals surface area (Å²) in [5.41, 5.74) is 8.25. The van der Waals surface area contributed by atoms with Crippen LogP contribution in [0.2, 0.25) is 0 Å². The van der Waals surface area contributed by atoms with E-state index in [2.05, 4.69) is 21.5 Å². The monoisotopic (exact) mass is 448 g/mol. The highest BCUT2D eigenvalue weighted by Crippen LogP contribution is 2.35. The van der Waals surface area contributed by atoms with E-state index >= 15 is 0 Å². The molecule has 0 aromatic heterocycles. The first-order valence-electron chi connectivity index (χ1n) is 10.6. The van der Waals surface area contributed by atoms with Crippen LogP contribution in [0.5, 0.6) is 0 Å². The van der Waals surface area contributed by atoms with Gasteiger partial charge in [-0.05, 0) is 72.0 Å². The number of nitrogens with zero attached hydrogens (tertiary/aromatic N) is 3. The van der Waals surface area contributed by atoms with E-state index in [1.807, 2.05) is 6.21 Å². The van der Waals surface area contributed by atoms with Gasteiger partial charge in [0.15, 0.2) is 0 Å². The third-order valence-corrected chi connectivity index (χ3v) is 5.59. The van der Waals surface area contributed by atoms with Gasteiger partial charge < -0.3 is 14.7 Å². The molecule has 2 aliphatic rings. The number of nitrogens with one attached hydrogen (secondary N) is 1. The number of carbonyl (C=O) groups is 1. The van der Waals surface area contributed by atoms with Gasteiger partial charge in [0.2, 0.25) is 0 Å². The number of hydrogen-bond donors (Lipinski definition) is 2. The number of nitro benzene ring substituents is 1. The molecule has 0 atom stereocenters. The number of aromatic carboxylic acids is 1. The van der Waals surface area contributed by atoms with E-state index in [0.717, 1.165) is 48.3 Å². The Hall–Kier alpha value is -3.98. The number of rotatable bonds is 7. The molecule has 2 aromatic rings. The fraction of sp³-hybridized carbons (Fsp3) is 0.250. The number of carboxylic acids is 1.